The van der Waals surface area contributed by atoms with Crippen molar-refractivity contribution in [3.63, 3.8) is 0 Å². The molecule has 2 aromatic heterocycles. The highest BCUT2D eigenvalue weighted by atomic mass is 16.1. The Kier molecular flexibility index (Phi) is 3.37. The second-order valence-electron chi connectivity index (χ2n) is 7.17. The number of rotatable bonds is 2. The number of aromatic amines is 1. The predicted octanol–water partition coefficient (Wildman–Crippen LogP) is 4.63. The van der Waals surface area contributed by atoms with Crippen LogP contribution in [0.4, 0.5) is 11.5 Å². The Balaban J connectivity index is 1.53. The van der Waals surface area contributed by atoms with Crippen molar-refractivity contribution in [2.24, 2.45) is 0 Å². The number of hydrogen-bond acceptors (Lipinski definition) is 5. The van der Waals surface area contributed by atoms with Gasteiger partial charge < -0.3 is 10.3 Å². The number of ketones is 2. The van der Waals surface area contributed by atoms with Crippen LogP contribution in [0.5, 0.6) is 0 Å². The number of carbonyl (C=O) groups is 2. The summed E-state index contributed by atoms with van der Waals surface area (Å²) < 4.78 is 0. The molecule has 6 heteroatoms. The van der Waals surface area contributed by atoms with Gasteiger partial charge in [-0.2, -0.15) is 0 Å². The normalized spacial score (nSPS) is 12.8. The van der Waals surface area contributed by atoms with E-state index < -0.39 is 0 Å². The molecule has 0 atom stereocenters. The van der Waals surface area contributed by atoms with E-state index in [0.717, 1.165) is 21.9 Å². The Morgan fingerprint density at radius 3 is 2.33 bits per heavy atom. The van der Waals surface area contributed by atoms with Crippen LogP contribution in [-0.4, -0.2) is 26.5 Å². The van der Waals surface area contributed by atoms with Crippen molar-refractivity contribution < 1.29 is 9.59 Å². The van der Waals surface area contributed by atoms with E-state index >= 15 is 0 Å². The molecular weight excluding hydrogens is 376 g/mol. The monoisotopic (exact) mass is 390 g/mol. The fourth-order valence-electron chi connectivity index (χ4n) is 4.11. The minimum atomic E-state index is -0.176. The summed E-state index contributed by atoms with van der Waals surface area (Å²) in [5, 5.41) is 4.26. The van der Waals surface area contributed by atoms with E-state index in [1.807, 2.05) is 24.3 Å². The molecule has 0 spiro atoms. The minimum Gasteiger partial charge on any atom is -0.350 e. The van der Waals surface area contributed by atoms with Gasteiger partial charge in [-0.25, -0.2) is 9.97 Å². The zero-order valence-electron chi connectivity index (χ0n) is 15.6. The number of fused-ring (bicyclic) bond motifs is 5. The summed E-state index contributed by atoms with van der Waals surface area (Å²) in [5.41, 5.74) is 4.64. The molecule has 2 N–H and O–H groups in total. The van der Waals surface area contributed by atoms with Gasteiger partial charge in [0.1, 0.15) is 17.4 Å². The third-order valence-corrected chi connectivity index (χ3v) is 5.49. The minimum absolute atomic E-state index is 0.151. The molecule has 1 aliphatic carbocycles. The van der Waals surface area contributed by atoms with Gasteiger partial charge in [0.05, 0.1) is 11.3 Å². The third kappa shape index (κ3) is 2.24. The lowest BCUT2D eigenvalue weighted by atomic mass is 9.83. The molecule has 3 aromatic carbocycles. The number of para-hydroxylation sites is 1. The van der Waals surface area contributed by atoms with Crippen molar-refractivity contribution in [2.75, 3.05) is 5.32 Å². The summed E-state index contributed by atoms with van der Waals surface area (Å²) in [7, 11) is 0. The van der Waals surface area contributed by atoms with Gasteiger partial charge in [0.15, 0.2) is 17.4 Å². The van der Waals surface area contributed by atoms with Crippen molar-refractivity contribution in [1.29, 1.82) is 0 Å². The van der Waals surface area contributed by atoms with Crippen LogP contribution >= 0.6 is 0 Å². The molecule has 142 valence electrons. The SMILES string of the molecule is O=C1c2ccccc2C(=O)c2c(Nc3ncnc4c3[nH]c3ccccc34)cccc21. The van der Waals surface area contributed by atoms with E-state index in [1.54, 1.807) is 42.5 Å². The molecule has 6 nitrogen and oxygen atoms in total. The average Bonchev–Trinajstić information content (AvgIpc) is 3.17. The second-order valence-corrected chi connectivity index (χ2v) is 7.17. The highest BCUT2D eigenvalue weighted by molar-refractivity contribution is 6.30. The van der Waals surface area contributed by atoms with Gasteiger partial charge in [-0.15, -0.1) is 0 Å². The molecule has 0 radical (unpaired) electrons. The summed E-state index contributed by atoms with van der Waals surface area (Å²) in [5.74, 6) is 0.219. The molecule has 6 rings (SSSR count). The Morgan fingerprint density at radius 1 is 0.733 bits per heavy atom. The van der Waals surface area contributed by atoms with Crippen LogP contribution in [0.3, 0.4) is 0 Å². The van der Waals surface area contributed by atoms with E-state index in [4.69, 9.17) is 0 Å². The molecule has 0 unspecified atom stereocenters. The molecule has 0 aliphatic heterocycles. The van der Waals surface area contributed by atoms with E-state index in [9.17, 15) is 9.59 Å². The van der Waals surface area contributed by atoms with Crippen LogP contribution < -0.4 is 5.32 Å². The van der Waals surface area contributed by atoms with Gasteiger partial charge in [0, 0.05) is 27.6 Å². The van der Waals surface area contributed by atoms with Gasteiger partial charge in [-0.05, 0) is 12.1 Å². The fourth-order valence-corrected chi connectivity index (χ4v) is 4.11. The Hall–Kier alpha value is -4.32. The first-order valence-corrected chi connectivity index (χ1v) is 9.52. The van der Waals surface area contributed by atoms with Gasteiger partial charge in [0.2, 0.25) is 0 Å². The zero-order chi connectivity index (χ0) is 20.2. The number of benzene rings is 3. The van der Waals surface area contributed by atoms with Gasteiger partial charge in [0.25, 0.3) is 0 Å². The van der Waals surface area contributed by atoms with Crippen LogP contribution in [-0.2, 0) is 0 Å². The number of anilines is 2. The van der Waals surface area contributed by atoms with Crippen LogP contribution in [0.2, 0.25) is 0 Å². The molecular formula is C24H14N4O2. The first-order valence-electron chi connectivity index (χ1n) is 9.52. The van der Waals surface area contributed by atoms with Crippen LogP contribution in [0.1, 0.15) is 31.8 Å². The summed E-state index contributed by atoms with van der Waals surface area (Å²) in [6.45, 7) is 0. The molecule has 2 heterocycles. The van der Waals surface area contributed by atoms with Gasteiger partial charge in [-0.3, -0.25) is 9.59 Å². The molecule has 30 heavy (non-hydrogen) atoms. The predicted molar refractivity (Wildman–Crippen MR) is 114 cm³/mol. The Bertz CT molecular complexity index is 1520. The zero-order valence-corrected chi connectivity index (χ0v) is 15.6. The first-order chi connectivity index (χ1) is 14.7. The number of nitrogens with zero attached hydrogens (tertiary/aromatic N) is 2. The number of aromatic nitrogens is 3. The molecule has 0 saturated carbocycles. The lowest BCUT2D eigenvalue weighted by Gasteiger charge is -2.20. The Morgan fingerprint density at radius 2 is 1.47 bits per heavy atom. The largest absolute Gasteiger partial charge is 0.350 e. The lowest BCUT2D eigenvalue weighted by Crippen LogP contribution is -2.22. The van der Waals surface area contributed by atoms with E-state index in [-0.39, 0.29) is 11.6 Å². The first kappa shape index (κ1) is 16.6. The highest BCUT2D eigenvalue weighted by Gasteiger charge is 2.31. The molecule has 0 amide bonds. The standard InChI is InChI=1S/C24H14N4O2/c29-22-13-6-1-2-7-14(13)23(30)19-16(22)9-5-11-18(19)28-24-21-20(25-12-26-24)15-8-3-4-10-17(15)27-21/h1-12,27H,(H,25,26,28). The van der Waals surface area contributed by atoms with Gasteiger partial charge in [-0.1, -0.05) is 54.6 Å². The van der Waals surface area contributed by atoms with E-state index in [1.165, 1.54) is 6.33 Å². The molecule has 0 saturated heterocycles. The molecule has 0 fully saturated rings. The van der Waals surface area contributed by atoms with Crippen molar-refractivity contribution in [1.82, 2.24) is 15.0 Å². The smallest absolute Gasteiger partial charge is 0.196 e. The third-order valence-electron chi connectivity index (χ3n) is 5.49. The van der Waals surface area contributed by atoms with Crippen LogP contribution in [0.15, 0.2) is 73.1 Å². The lowest BCUT2D eigenvalue weighted by molar-refractivity contribution is 0.0979. The molecule has 1 aliphatic rings. The number of H-pyrrole nitrogens is 1. The topological polar surface area (TPSA) is 87.7 Å². The maximum Gasteiger partial charge on any atom is 0.196 e. The number of carbonyl (C=O) groups excluding carboxylic acids is 2. The van der Waals surface area contributed by atoms with Gasteiger partial charge >= 0.3 is 0 Å². The summed E-state index contributed by atoms with van der Waals surface area (Å²) in [6, 6.07) is 20.0. The highest BCUT2D eigenvalue weighted by Crippen LogP contribution is 2.35. The maximum absolute atomic E-state index is 13.2. The van der Waals surface area contributed by atoms with Crippen LogP contribution in [0.25, 0.3) is 21.9 Å². The van der Waals surface area contributed by atoms with E-state index in [2.05, 4.69) is 20.3 Å². The fraction of sp³-hybridized carbons (Fsp3) is 0. The number of nitrogens with one attached hydrogen (secondary N) is 2. The molecule has 0 bridgehead atoms. The average molecular weight is 390 g/mol. The number of hydrogen-bond donors (Lipinski definition) is 2. The summed E-state index contributed by atoms with van der Waals surface area (Å²) in [6.07, 6.45) is 1.49. The summed E-state index contributed by atoms with van der Waals surface area (Å²) in [4.78, 5) is 38.4. The van der Waals surface area contributed by atoms with Crippen LogP contribution in [0, 0.1) is 0 Å². The van der Waals surface area contributed by atoms with Crippen molar-refractivity contribution in [3.05, 3.63) is 95.3 Å². The van der Waals surface area contributed by atoms with Crippen molar-refractivity contribution in [3.8, 4) is 0 Å². The maximum atomic E-state index is 13.2. The van der Waals surface area contributed by atoms with Crippen molar-refractivity contribution >= 4 is 45.0 Å². The van der Waals surface area contributed by atoms with Crippen molar-refractivity contribution in [2.45, 2.75) is 0 Å². The molecule has 5 aromatic rings. The quantitative estimate of drug-likeness (QED) is 0.450. The Labute approximate surface area is 170 Å². The summed E-state index contributed by atoms with van der Waals surface area (Å²) >= 11 is 0. The van der Waals surface area contributed by atoms with E-state index in [0.29, 0.717) is 33.8 Å². The second kappa shape index (κ2) is 6.09.